The fourth-order valence-electron chi connectivity index (χ4n) is 5.29. The van der Waals surface area contributed by atoms with E-state index in [0.717, 1.165) is 76.6 Å². The van der Waals surface area contributed by atoms with E-state index in [1.807, 2.05) is 62.4 Å². The minimum atomic E-state index is -0.0912. The fraction of sp³-hybridized carbons (Fsp3) is 0.133. The molecule has 3 aromatic carbocycles. The largest absolute Gasteiger partial charge is 0.461 e. The van der Waals surface area contributed by atoms with Gasteiger partial charge in [0.05, 0.1) is 0 Å². The van der Waals surface area contributed by atoms with Gasteiger partial charge in [0.1, 0.15) is 22.7 Å². The van der Waals surface area contributed by atoms with Crippen molar-refractivity contribution in [2.24, 2.45) is 0 Å². The van der Waals surface area contributed by atoms with Crippen LogP contribution in [0.3, 0.4) is 0 Å². The average molecular weight is 509 g/mol. The van der Waals surface area contributed by atoms with Crippen LogP contribution in [0.4, 0.5) is 0 Å². The first-order chi connectivity index (χ1) is 17.3. The molecule has 5 aromatic rings. The molecule has 2 aromatic heterocycles. The molecule has 4 heterocycles. The number of thioether (sulfide) groups is 2. The van der Waals surface area contributed by atoms with E-state index in [4.69, 9.17) is 8.83 Å². The summed E-state index contributed by atoms with van der Waals surface area (Å²) in [5.74, 6) is 1.62. The van der Waals surface area contributed by atoms with Crippen LogP contribution in [0.5, 0.6) is 0 Å². The molecule has 0 N–H and O–H groups in total. The first kappa shape index (κ1) is 21.8. The van der Waals surface area contributed by atoms with Gasteiger partial charge in [-0.15, -0.1) is 0 Å². The van der Waals surface area contributed by atoms with E-state index in [0.29, 0.717) is 11.1 Å². The molecule has 176 valence electrons. The molecule has 0 saturated carbocycles. The zero-order valence-corrected chi connectivity index (χ0v) is 21.7. The summed E-state index contributed by atoms with van der Waals surface area (Å²) in [7, 11) is 0. The molecule has 0 fully saturated rings. The van der Waals surface area contributed by atoms with E-state index in [1.165, 1.54) is 23.5 Å². The Hall–Kier alpha value is -3.48. The van der Waals surface area contributed by atoms with E-state index in [2.05, 4.69) is 13.8 Å². The minimum Gasteiger partial charge on any atom is -0.461 e. The highest BCUT2D eigenvalue weighted by Crippen LogP contribution is 2.51. The summed E-state index contributed by atoms with van der Waals surface area (Å²) in [4.78, 5) is 27.9. The third kappa shape index (κ3) is 2.98. The molecule has 6 heteroatoms. The molecule has 7 rings (SSSR count). The van der Waals surface area contributed by atoms with Crippen molar-refractivity contribution < 1.29 is 18.4 Å². The Kier molecular flexibility index (Phi) is 4.54. The van der Waals surface area contributed by atoms with Gasteiger partial charge in [0.25, 0.3) is 0 Å². The van der Waals surface area contributed by atoms with E-state index < -0.39 is 0 Å². The van der Waals surface area contributed by atoms with Gasteiger partial charge < -0.3 is 8.83 Å². The van der Waals surface area contributed by atoms with Crippen molar-refractivity contribution in [3.05, 3.63) is 82.1 Å². The van der Waals surface area contributed by atoms with Crippen molar-refractivity contribution in [1.29, 1.82) is 0 Å². The van der Waals surface area contributed by atoms with E-state index in [1.54, 1.807) is 0 Å². The highest BCUT2D eigenvalue weighted by molar-refractivity contribution is 8.16. The van der Waals surface area contributed by atoms with Crippen LogP contribution in [0, 0.1) is 27.7 Å². The number of benzene rings is 3. The topological polar surface area (TPSA) is 60.4 Å². The van der Waals surface area contributed by atoms with Crippen LogP contribution in [0.15, 0.2) is 67.2 Å². The third-order valence-corrected chi connectivity index (χ3v) is 8.98. The van der Waals surface area contributed by atoms with Crippen LogP contribution in [0.1, 0.15) is 33.6 Å². The number of carbonyl (C=O) groups is 2. The number of furan rings is 2. The van der Waals surface area contributed by atoms with Crippen molar-refractivity contribution in [3.63, 3.8) is 0 Å². The normalized spacial score (nSPS) is 17.0. The van der Waals surface area contributed by atoms with Gasteiger partial charge in [0.15, 0.2) is 0 Å². The van der Waals surface area contributed by atoms with Crippen LogP contribution < -0.4 is 0 Å². The minimum absolute atomic E-state index is 0.0701. The maximum Gasteiger partial charge on any atom is 0.225 e. The molecule has 36 heavy (non-hydrogen) atoms. The predicted molar refractivity (Wildman–Crippen MR) is 145 cm³/mol. The number of hydrogen-bond donors (Lipinski definition) is 0. The predicted octanol–water partition coefficient (Wildman–Crippen LogP) is 8.26. The van der Waals surface area contributed by atoms with Crippen LogP contribution in [0.2, 0.25) is 0 Å². The Balaban J connectivity index is 1.37. The standard InChI is InChI=1S/C30H20O4S2/c1-13-5-7-18-23(9-13)35-29(31)25(18)26-19-8-6-17(11-24(19)36-30(26)32)22-12-21-16(4)27-20(10-14(2)33-27)15(3)28(21)34-22/h5-12H,1-4H3/b26-25+. The Bertz CT molecular complexity index is 1810. The summed E-state index contributed by atoms with van der Waals surface area (Å²) in [6.45, 7) is 8.07. The summed E-state index contributed by atoms with van der Waals surface area (Å²) in [6.07, 6.45) is 0. The number of hydrogen-bond acceptors (Lipinski definition) is 6. The summed E-state index contributed by atoms with van der Waals surface area (Å²) in [5, 5.41) is 1.93. The molecular weight excluding hydrogens is 488 g/mol. The second kappa shape index (κ2) is 7.51. The molecule has 0 spiro atoms. The monoisotopic (exact) mass is 508 g/mol. The first-order valence-electron chi connectivity index (χ1n) is 11.7. The zero-order chi connectivity index (χ0) is 24.9. The second-order valence-electron chi connectivity index (χ2n) is 9.44. The summed E-state index contributed by atoms with van der Waals surface area (Å²) >= 11 is 2.38. The van der Waals surface area contributed by atoms with Gasteiger partial charge in [0, 0.05) is 59.5 Å². The van der Waals surface area contributed by atoms with Crippen LogP contribution in [-0.4, -0.2) is 10.2 Å². The Labute approximate surface area is 215 Å². The zero-order valence-electron chi connectivity index (χ0n) is 20.1. The lowest BCUT2D eigenvalue weighted by Crippen LogP contribution is -1.99. The first-order valence-corrected chi connectivity index (χ1v) is 13.3. The van der Waals surface area contributed by atoms with Gasteiger partial charge in [-0.3, -0.25) is 9.59 Å². The van der Waals surface area contributed by atoms with Gasteiger partial charge in [-0.25, -0.2) is 0 Å². The number of aryl methyl sites for hydroxylation is 4. The van der Waals surface area contributed by atoms with Gasteiger partial charge >= 0.3 is 0 Å². The maximum absolute atomic E-state index is 13.2. The Morgan fingerprint density at radius 2 is 1.22 bits per heavy atom. The van der Waals surface area contributed by atoms with Gasteiger partial charge in [0.2, 0.25) is 10.2 Å². The summed E-state index contributed by atoms with van der Waals surface area (Å²) < 4.78 is 12.3. The van der Waals surface area contributed by atoms with Crippen molar-refractivity contribution in [3.8, 4) is 11.3 Å². The molecule has 0 radical (unpaired) electrons. The molecule has 4 nitrogen and oxygen atoms in total. The van der Waals surface area contributed by atoms with Crippen molar-refractivity contribution in [1.82, 2.24) is 0 Å². The number of rotatable bonds is 1. The third-order valence-electron chi connectivity index (χ3n) is 7.08. The van der Waals surface area contributed by atoms with Crippen molar-refractivity contribution in [2.45, 2.75) is 37.5 Å². The quantitative estimate of drug-likeness (QED) is 0.212. The lowest BCUT2D eigenvalue weighted by Gasteiger charge is -2.06. The Morgan fingerprint density at radius 1 is 0.639 bits per heavy atom. The van der Waals surface area contributed by atoms with Crippen LogP contribution >= 0.6 is 23.5 Å². The van der Waals surface area contributed by atoms with Crippen LogP contribution in [0.25, 0.3) is 44.4 Å². The lowest BCUT2D eigenvalue weighted by atomic mass is 9.95. The van der Waals surface area contributed by atoms with E-state index in [9.17, 15) is 9.59 Å². The Morgan fingerprint density at radius 3 is 1.92 bits per heavy atom. The van der Waals surface area contributed by atoms with Gasteiger partial charge in [-0.1, -0.05) is 24.3 Å². The second-order valence-corrected chi connectivity index (χ2v) is 11.5. The average Bonchev–Trinajstić information content (AvgIpc) is 3.59. The van der Waals surface area contributed by atoms with Crippen molar-refractivity contribution in [2.75, 3.05) is 0 Å². The van der Waals surface area contributed by atoms with Crippen molar-refractivity contribution >= 4 is 66.8 Å². The number of carbonyl (C=O) groups excluding carboxylic acids is 2. The molecule has 0 aliphatic carbocycles. The molecular formula is C30H20O4S2. The van der Waals surface area contributed by atoms with E-state index >= 15 is 0 Å². The summed E-state index contributed by atoms with van der Waals surface area (Å²) in [6, 6.07) is 15.9. The maximum atomic E-state index is 13.2. The SMILES string of the molecule is Cc1ccc2c(c1)SC(=O)/C2=C1/C(=O)Sc2cc(-c3cc4c(C)c5oc(C)cc5c(C)c4o3)ccc21. The molecule has 0 saturated heterocycles. The molecule has 0 unspecified atom stereocenters. The highest BCUT2D eigenvalue weighted by Gasteiger charge is 2.36. The van der Waals surface area contributed by atoms with Gasteiger partial charge in [-0.2, -0.15) is 0 Å². The molecule has 0 bridgehead atoms. The number of fused-ring (bicyclic) bond motifs is 4. The summed E-state index contributed by atoms with van der Waals surface area (Å²) in [5.41, 5.74) is 8.52. The molecule has 0 amide bonds. The molecule has 2 aliphatic rings. The smallest absolute Gasteiger partial charge is 0.225 e. The van der Waals surface area contributed by atoms with E-state index in [-0.39, 0.29) is 10.2 Å². The van der Waals surface area contributed by atoms with Crippen LogP contribution in [-0.2, 0) is 9.59 Å². The molecule has 2 aliphatic heterocycles. The highest BCUT2D eigenvalue weighted by atomic mass is 32.2. The van der Waals surface area contributed by atoms with Gasteiger partial charge in [-0.05, 0) is 81.0 Å². The lowest BCUT2D eigenvalue weighted by molar-refractivity contribution is -0.107. The molecule has 0 atom stereocenters. The fourth-order valence-corrected chi connectivity index (χ4v) is 7.31.